The van der Waals surface area contributed by atoms with Crippen molar-refractivity contribution in [1.82, 2.24) is 10.2 Å². The number of amides is 1. The molecule has 1 heterocycles. The molecule has 3 heteroatoms. The number of piperazine rings is 1. The number of carbonyl (C=O) groups excluding carboxylic acids is 1. The van der Waals surface area contributed by atoms with E-state index in [-0.39, 0.29) is 5.91 Å². The van der Waals surface area contributed by atoms with Gasteiger partial charge in [-0.2, -0.15) is 0 Å². The fourth-order valence-corrected chi connectivity index (χ4v) is 1.37. The topological polar surface area (TPSA) is 32.3 Å². The van der Waals surface area contributed by atoms with E-state index in [0.29, 0.717) is 13.1 Å². The zero-order valence-electron chi connectivity index (χ0n) is 8.33. The second kappa shape index (κ2) is 5.40. The Balaban J connectivity index is 2.56. The predicted molar refractivity (Wildman–Crippen MR) is 57.9 cm³/mol. The highest BCUT2D eigenvalue weighted by molar-refractivity contribution is 5.79. The SMILES string of the molecule is C=C/C=C(\C=C)CN1CCNCC1=O. The Morgan fingerprint density at radius 1 is 1.57 bits per heavy atom. The second-order valence-corrected chi connectivity index (χ2v) is 3.17. The van der Waals surface area contributed by atoms with Crippen molar-refractivity contribution in [1.29, 1.82) is 0 Å². The van der Waals surface area contributed by atoms with Gasteiger partial charge in [0.25, 0.3) is 0 Å². The molecule has 1 aliphatic rings. The van der Waals surface area contributed by atoms with Gasteiger partial charge in [0.05, 0.1) is 6.54 Å². The lowest BCUT2D eigenvalue weighted by molar-refractivity contribution is -0.131. The van der Waals surface area contributed by atoms with E-state index in [1.165, 1.54) is 0 Å². The lowest BCUT2D eigenvalue weighted by Gasteiger charge is -2.27. The van der Waals surface area contributed by atoms with Gasteiger partial charge in [-0.3, -0.25) is 4.79 Å². The molecule has 0 aromatic carbocycles. The molecular formula is C11H16N2O. The second-order valence-electron chi connectivity index (χ2n) is 3.17. The van der Waals surface area contributed by atoms with Gasteiger partial charge >= 0.3 is 0 Å². The Hall–Kier alpha value is -1.35. The summed E-state index contributed by atoms with van der Waals surface area (Å²) in [5.41, 5.74) is 1.02. The minimum Gasteiger partial charge on any atom is -0.336 e. The fraction of sp³-hybridized carbons (Fsp3) is 0.364. The monoisotopic (exact) mass is 192 g/mol. The van der Waals surface area contributed by atoms with Crippen molar-refractivity contribution < 1.29 is 4.79 Å². The summed E-state index contributed by atoms with van der Waals surface area (Å²) in [6.07, 6.45) is 5.35. The number of nitrogens with one attached hydrogen (secondary N) is 1. The maximum Gasteiger partial charge on any atom is 0.236 e. The standard InChI is InChI=1S/C11H16N2O/c1-3-5-10(4-2)9-13-7-6-12-8-11(13)14/h3-5,12H,1-2,6-9H2/b10-5+. The van der Waals surface area contributed by atoms with E-state index in [0.717, 1.165) is 18.7 Å². The normalized spacial score (nSPS) is 18.1. The molecule has 0 saturated carbocycles. The van der Waals surface area contributed by atoms with Crippen molar-refractivity contribution in [2.75, 3.05) is 26.2 Å². The molecule has 14 heavy (non-hydrogen) atoms. The average molecular weight is 192 g/mol. The average Bonchev–Trinajstić information content (AvgIpc) is 2.20. The van der Waals surface area contributed by atoms with Gasteiger partial charge in [0.2, 0.25) is 5.91 Å². The molecule has 0 atom stereocenters. The van der Waals surface area contributed by atoms with Crippen LogP contribution in [0.15, 0.2) is 37.0 Å². The Morgan fingerprint density at radius 2 is 2.36 bits per heavy atom. The third-order valence-electron chi connectivity index (χ3n) is 2.15. The van der Waals surface area contributed by atoms with Crippen LogP contribution in [0.2, 0.25) is 0 Å². The van der Waals surface area contributed by atoms with E-state index < -0.39 is 0 Å². The molecule has 0 aliphatic carbocycles. The zero-order valence-corrected chi connectivity index (χ0v) is 8.33. The first kappa shape index (κ1) is 10.7. The maximum absolute atomic E-state index is 11.4. The molecule has 0 unspecified atom stereocenters. The molecule has 1 fully saturated rings. The third-order valence-corrected chi connectivity index (χ3v) is 2.15. The molecule has 1 N–H and O–H groups in total. The van der Waals surface area contributed by atoms with Crippen LogP contribution in [0, 0.1) is 0 Å². The third kappa shape index (κ3) is 2.85. The van der Waals surface area contributed by atoms with Crippen molar-refractivity contribution >= 4 is 5.91 Å². The van der Waals surface area contributed by atoms with Crippen molar-refractivity contribution in [2.24, 2.45) is 0 Å². The summed E-state index contributed by atoms with van der Waals surface area (Å²) in [5, 5.41) is 3.03. The molecule has 0 bridgehead atoms. The molecule has 76 valence electrons. The van der Waals surface area contributed by atoms with E-state index in [4.69, 9.17) is 0 Å². The number of carbonyl (C=O) groups is 1. The van der Waals surface area contributed by atoms with E-state index >= 15 is 0 Å². The first-order valence-corrected chi connectivity index (χ1v) is 4.70. The summed E-state index contributed by atoms with van der Waals surface area (Å²) in [5.74, 6) is 0.146. The van der Waals surface area contributed by atoms with Gasteiger partial charge in [-0.15, -0.1) is 0 Å². The maximum atomic E-state index is 11.4. The number of rotatable bonds is 4. The Kier molecular flexibility index (Phi) is 4.13. The van der Waals surface area contributed by atoms with E-state index in [9.17, 15) is 4.79 Å². The van der Waals surface area contributed by atoms with Crippen molar-refractivity contribution in [3.05, 3.63) is 37.0 Å². The summed E-state index contributed by atoms with van der Waals surface area (Å²) >= 11 is 0. The van der Waals surface area contributed by atoms with Crippen LogP contribution < -0.4 is 5.32 Å². The Morgan fingerprint density at radius 3 is 2.93 bits per heavy atom. The van der Waals surface area contributed by atoms with E-state index in [1.807, 2.05) is 11.0 Å². The van der Waals surface area contributed by atoms with Crippen molar-refractivity contribution in [2.45, 2.75) is 0 Å². The van der Waals surface area contributed by atoms with Gasteiger partial charge in [0, 0.05) is 19.6 Å². The lowest BCUT2D eigenvalue weighted by Crippen LogP contribution is -2.48. The number of hydrogen-bond acceptors (Lipinski definition) is 2. The molecule has 1 saturated heterocycles. The van der Waals surface area contributed by atoms with Crippen LogP contribution in [0.4, 0.5) is 0 Å². The highest BCUT2D eigenvalue weighted by Gasteiger charge is 2.17. The van der Waals surface area contributed by atoms with Gasteiger partial charge in [0.15, 0.2) is 0 Å². The number of nitrogens with zero attached hydrogens (tertiary/aromatic N) is 1. The Bertz CT molecular complexity index is 268. The largest absolute Gasteiger partial charge is 0.336 e. The zero-order chi connectivity index (χ0) is 10.4. The van der Waals surface area contributed by atoms with Crippen LogP contribution in [0.25, 0.3) is 0 Å². The van der Waals surface area contributed by atoms with E-state index in [2.05, 4.69) is 18.5 Å². The van der Waals surface area contributed by atoms with Crippen LogP contribution >= 0.6 is 0 Å². The highest BCUT2D eigenvalue weighted by atomic mass is 16.2. The molecule has 0 spiro atoms. The smallest absolute Gasteiger partial charge is 0.236 e. The summed E-state index contributed by atoms with van der Waals surface area (Å²) in [4.78, 5) is 13.3. The van der Waals surface area contributed by atoms with Crippen LogP contribution in [-0.2, 0) is 4.79 Å². The van der Waals surface area contributed by atoms with Crippen LogP contribution in [0.3, 0.4) is 0 Å². The summed E-state index contributed by atoms with van der Waals surface area (Å²) in [6, 6.07) is 0. The van der Waals surface area contributed by atoms with Crippen molar-refractivity contribution in [3.8, 4) is 0 Å². The predicted octanol–water partition coefficient (Wildman–Crippen LogP) is 0.717. The molecule has 1 rings (SSSR count). The fourth-order valence-electron chi connectivity index (χ4n) is 1.37. The molecule has 0 aromatic heterocycles. The Labute approximate surface area is 84.8 Å². The summed E-state index contributed by atoms with van der Waals surface area (Å²) < 4.78 is 0. The van der Waals surface area contributed by atoms with Gasteiger partial charge in [-0.05, 0) is 5.57 Å². The van der Waals surface area contributed by atoms with Gasteiger partial charge < -0.3 is 10.2 Å². The molecule has 0 radical (unpaired) electrons. The minimum atomic E-state index is 0.146. The summed E-state index contributed by atoms with van der Waals surface area (Å²) in [7, 11) is 0. The number of hydrogen-bond donors (Lipinski definition) is 1. The van der Waals surface area contributed by atoms with Crippen molar-refractivity contribution in [3.63, 3.8) is 0 Å². The quantitative estimate of drug-likeness (QED) is 0.666. The van der Waals surface area contributed by atoms with Crippen LogP contribution in [-0.4, -0.2) is 37.0 Å². The lowest BCUT2D eigenvalue weighted by atomic mass is 10.2. The number of allylic oxidation sites excluding steroid dienone is 2. The summed E-state index contributed by atoms with van der Waals surface area (Å²) in [6.45, 7) is 10.0. The molecule has 3 nitrogen and oxygen atoms in total. The first-order valence-electron chi connectivity index (χ1n) is 4.70. The molecular weight excluding hydrogens is 176 g/mol. The molecule has 0 aromatic rings. The van der Waals surface area contributed by atoms with Gasteiger partial charge in [-0.25, -0.2) is 0 Å². The van der Waals surface area contributed by atoms with Crippen LogP contribution in [0.1, 0.15) is 0 Å². The highest BCUT2D eigenvalue weighted by Crippen LogP contribution is 2.03. The van der Waals surface area contributed by atoms with Gasteiger partial charge in [-0.1, -0.05) is 31.4 Å². The van der Waals surface area contributed by atoms with Gasteiger partial charge in [0.1, 0.15) is 0 Å². The first-order chi connectivity index (χ1) is 6.77. The van der Waals surface area contributed by atoms with E-state index in [1.54, 1.807) is 12.2 Å². The molecule has 1 amide bonds. The van der Waals surface area contributed by atoms with Crippen LogP contribution in [0.5, 0.6) is 0 Å². The molecule has 1 aliphatic heterocycles. The minimum absolute atomic E-state index is 0.146.